The second kappa shape index (κ2) is 10.0. The summed E-state index contributed by atoms with van der Waals surface area (Å²) in [6, 6.07) is 14.3. The topological polar surface area (TPSA) is 110 Å². The Labute approximate surface area is 197 Å². The largest absolute Gasteiger partial charge is 0.364 e. The number of aromatic nitrogens is 2. The van der Waals surface area contributed by atoms with Crippen LogP contribution in [-0.4, -0.2) is 45.5 Å². The maximum absolute atomic E-state index is 13.2. The zero-order chi connectivity index (χ0) is 24.2. The van der Waals surface area contributed by atoms with Crippen molar-refractivity contribution in [2.75, 3.05) is 13.1 Å². The number of carbonyl (C=O) groups excluding carboxylic acids is 3. The summed E-state index contributed by atoms with van der Waals surface area (Å²) in [5.74, 6) is -1.23. The van der Waals surface area contributed by atoms with E-state index >= 15 is 0 Å². The Kier molecular flexibility index (Phi) is 7.38. The number of nitrogens with two attached hydrogens (primary N) is 1. The highest BCUT2D eigenvalue weighted by Crippen LogP contribution is 2.20. The number of primary amides is 1. The van der Waals surface area contributed by atoms with Gasteiger partial charge in [-0.25, -0.2) is 0 Å². The smallest absolute Gasteiger partial charge is 0.269 e. The van der Waals surface area contributed by atoms with E-state index in [9.17, 15) is 14.4 Å². The first kappa shape index (κ1) is 24.3. The van der Waals surface area contributed by atoms with E-state index < -0.39 is 5.91 Å². The lowest BCUT2D eigenvalue weighted by Gasteiger charge is -2.29. The minimum Gasteiger partial charge on any atom is -0.364 e. The van der Waals surface area contributed by atoms with Gasteiger partial charge in [0.25, 0.3) is 5.91 Å². The summed E-state index contributed by atoms with van der Waals surface area (Å²) >= 11 is 6.00. The molecule has 0 aliphatic heterocycles. The molecule has 3 amide bonds. The molecule has 174 valence electrons. The molecular formula is C24H28ClN5O3. The van der Waals surface area contributed by atoms with Crippen LogP contribution in [-0.2, 0) is 22.7 Å². The van der Waals surface area contributed by atoms with Crippen LogP contribution >= 0.6 is 11.6 Å². The van der Waals surface area contributed by atoms with Crippen LogP contribution in [0.3, 0.4) is 0 Å². The molecule has 0 radical (unpaired) electrons. The second-order valence-corrected chi connectivity index (χ2v) is 9.54. The van der Waals surface area contributed by atoms with E-state index in [0.717, 1.165) is 5.56 Å². The number of hydrogen-bond acceptors (Lipinski definition) is 4. The van der Waals surface area contributed by atoms with Crippen LogP contribution < -0.4 is 11.1 Å². The highest BCUT2D eigenvalue weighted by atomic mass is 35.5. The molecule has 8 nitrogen and oxygen atoms in total. The summed E-state index contributed by atoms with van der Waals surface area (Å²) < 4.78 is 1.46. The normalized spacial score (nSPS) is 11.4. The van der Waals surface area contributed by atoms with Crippen molar-refractivity contribution >= 4 is 40.2 Å². The first-order valence-electron chi connectivity index (χ1n) is 10.6. The van der Waals surface area contributed by atoms with Gasteiger partial charge in [0.05, 0.1) is 12.1 Å². The van der Waals surface area contributed by atoms with Gasteiger partial charge < -0.3 is 16.0 Å². The number of halogens is 1. The maximum atomic E-state index is 13.2. The number of rotatable bonds is 8. The Hall–Kier alpha value is -3.39. The molecule has 1 aromatic heterocycles. The third-order valence-electron chi connectivity index (χ3n) is 4.91. The summed E-state index contributed by atoms with van der Waals surface area (Å²) in [5, 5.41) is 8.26. The fraction of sp³-hybridized carbons (Fsp3) is 0.333. The number of nitrogens with one attached hydrogen (secondary N) is 1. The fourth-order valence-electron chi connectivity index (χ4n) is 3.54. The minimum atomic E-state index is -0.663. The predicted molar refractivity (Wildman–Crippen MR) is 128 cm³/mol. The number of nitrogens with zero attached hydrogens (tertiary/aromatic N) is 3. The standard InChI is InChI=1S/C24H28ClN5O3/c1-24(2,3)15-29(13-20(31)27-12-16-7-6-8-17(25)11-16)21(32)14-30-19-10-5-4-9-18(19)22(28-30)23(26)33/h4-11H,12-15H2,1-3H3,(H2,26,33)(H,27,31). The number of amides is 3. The van der Waals surface area contributed by atoms with E-state index in [2.05, 4.69) is 10.4 Å². The lowest BCUT2D eigenvalue weighted by atomic mass is 9.96. The first-order valence-corrected chi connectivity index (χ1v) is 11.0. The lowest BCUT2D eigenvalue weighted by Crippen LogP contribution is -2.45. The van der Waals surface area contributed by atoms with Crippen molar-refractivity contribution in [1.29, 1.82) is 0 Å². The van der Waals surface area contributed by atoms with Gasteiger partial charge >= 0.3 is 0 Å². The van der Waals surface area contributed by atoms with E-state index in [0.29, 0.717) is 29.0 Å². The molecule has 3 aromatic rings. The van der Waals surface area contributed by atoms with Gasteiger partial charge in [-0.2, -0.15) is 5.10 Å². The Bertz CT molecular complexity index is 1180. The maximum Gasteiger partial charge on any atom is 0.269 e. The van der Waals surface area contributed by atoms with Crippen molar-refractivity contribution in [2.24, 2.45) is 11.1 Å². The van der Waals surface area contributed by atoms with Crippen LogP contribution in [0.4, 0.5) is 0 Å². The number of fused-ring (bicyclic) bond motifs is 1. The third kappa shape index (κ3) is 6.55. The van der Waals surface area contributed by atoms with E-state index in [1.54, 1.807) is 36.4 Å². The van der Waals surface area contributed by atoms with E-state index in [4.69, 9.17) is 17.3 Å². The minimum absolute atomic E-state index is 0.0987. The molecule has 0 atom stereocenters. The number of benzene rings is 2. The molecule has 0 bridgehead atoms. The SMILES string of the molecule is CC(C)(C)CN(CC(=O)NCc1cccc(Cl)c1)C(=O)Cn1nc(C(N)=O)c2ccccc21. The summed E-state index contributed by atoms with van der Waals surface area (Å²) in [4.78, 5) is 39.1. The monoisotopic (exact) mass is 469 g/mol. The average molecular weight is 470 g/mol. The Morgan fingerprint density at radius 1 is 1.12 bits per heavy atom. The van der Waals surface area contributed by atoms with E-state index in [1.807, 2.05) is 32.9 Å². The van der Waals surface area contributed by atoms with Gasteiger partial charge in [0.1, 0.15) is 6.54 Å². The van der Waals surface area contributed by atoms with Crippen molar-refractivity contribution in [3.05, 3.63) is 64.8 Å². The Morgan fingerprint density at radius 2 is 1.85 bits per heavy atom. The molecule has 1 heterocycles. The summed E-state index contributed by atoms with van der Waals surface area (Å²) in [7, 11) is 0. The zero-order valence-electron chi connectivity index (χ0n) is 19.0. The third-order valence-corrected chi connectivity index (χ3v) is 5.14. The van der Waals surface area contributed by atoms with Crippen molar-refractivity contribution in [3.63, 3.8) is 0 Å². The van der Waals surface area contributed by atoms with Gasteiger partial charge in [0, 0.05) is 23.5 Å². The molecule has 0 saturated carbocycles. The fourth-order valence-corrected chi connectivity index (χ4v) is 3.75. The molecule has 33 heavy (non-hydrogen) atoms. The predicted octanol–water partition coefficient (Wildman–Crippen LogP) is 2.98. The van der Waals surface area contributed by atoms with Crippen molar-refractivity contribution < 1.29 is 14.4 Å². The van der Waals surface area contributed by atoms with Gasteiger partial charge in [-0.15, -0.1) is 0 Å². The molecule has 3 rings (SSSR count). The summed E-state index contributed by atoms with van der Waals surface area (Å²) in [6.45, 7) is 6.44. The molecule has 0 saturated heterocycles. The second-order valence-electron chi connectivity index (χ2n) is 9.10. The molecule has 0 aliphatic rings. The average Bonchev–Trinajstić information content (AvgIpc) is 3.10. The van der Waals surface area contributed by atoms with Crippen LogP contribution in [0.15, 0.2) is 48.5 Å². The van der Waals surface area contributed by atoms with Crippen LogP contribution in [0.1, 0.15) is 36.8 Å². The van der Waals surface area contributed by atoms with Gasteiger partial charge in [-0.3, -0.25) is 19.1 Å². The number of hydrogen-bond donors (Lipinski definition) is 2. The quantitative estimate of drug-likeness (QED) is 0.528. The number of carbonyl (C=O) groups is 3. The first-order chi connectivity index (χ1) is 15.5. The Morgan fingerprint density at radius 3 is 2.52 bits per heavy atom. The van der Waals surface area contributed by atoms with Crippen LogP contribution in [0.25, 0.3) is 10.9 Å². The highest BCUT2D eigenvalue weighted by molar-refractivity contribution is 6.30. The molecule has 2 aromatic carbocycles. The molecule has 0 aliphatic carbocycles. The molecule has 0 fully saturated rings. The van der Waals surface area contributed by atoms with Crippen LogP contribution in [0.2, 0.25) is 5.02 Å². The summed E-state index contributed by atoms with van der Waals surface area (Å²) in [5.41, 5.74) is 6.83. The van der Waals surface area contributed by atoms with E-state index in [1.165, 1.54) is 9.58 Å². The van der Waals surface area contributed by atoms with Crippen LogP contribution in [0, 0.1) is 5.41 Å². The van der Waals surface area contributed by atoms with Crippen molar-refractivity contribution in [3.8, 4) is 0 Å². The van der Waals surface area contributed by atoms with Crippen molar-refractivity contribution in [1.82, 2.24) is 20.0 Å². The number of para-hydroxylation sites is 1. The molecule has 0 unspecified atom stereocenters. The molecular weight excluding hydrogens is 442 g/mol. The zero-order valence-corrected chi connectivity index (χ0v) is 19.7. The van der Waals surface area contributed by atoms with Gasteiger partial charge in [-0.1, -0.05) is 62.7 Å². The van der Waals surface area contributed by atoms with Crippen molar-refractivity contribution in [2.45, 2.75) is 33.9 Å². The van der Waals surface area contributed by atoms with Crippen LogP contribution in [0.5, 0.6) is 0 Å². The van der Waals surface area contributed by atoms with Gasteiger partial charge in [-0.05, 0) is 29.2 Å². The Balaban J connectivity index is 1.75. The highest BCUT2D eigenvalue weighted by Gasteiger charge is 2.25. The lowest BCUT2D eigenvalue weighted by molar-refractivity contribution is -0.138. The van der Waals surface area contributed by atoms with Gasteiger partial charge in [0.2, 0.25) is 11.8 Å². The molecule has 0 spiro atoms. The van der Waals surface area contributed by atoms with E-state index in [-0.39, 0.29) is 36.0 Å². The molecule has 9 heteroatoms. The van der Waals surface area contributed by atoms with Gasteiger partial charge in [0.15, 0.2) is 5.69 Å². The summed E-state index contributed by atoms with van der Waals surface area (Å²) in [6.07, 6.45) is 0. The molecule has 3 N–H and O–H groups in total.